The van der Waals surface area contributed by atoms with E-state index in [0.717, 1.165) is 25.3 Å². The summed E-state index contributed by atoms with van der Waals surface area (Å²) in [7, 11) is 0. The summed E-state index contributed by atoms with van der Waals surface area (Å²) in [6, 6.07) is 0.524. The first-order valence-corrected chi connectivity index (χ1v) is 6.73. The molecule has 0 aromatic rings. The van der Waals surface area contributed by atoms with Crippen molar-refractivity contribution in [3.63, 3.8) is 0 Å². The lowest BCUT2D eigenvalue weighted by Crippen LogP contribution is -2.41. The Morgan fingerprint density at radius 1 is 1.19 bits per heavy atom. The van der Waals surface area contributed by atoms with E-state index in [2.05, 4.69) is 11.8 Å². The van der Waals surface area contributed by atoms with Crippen molar-refractivity contribution in [1.29, 1.82) is 0 Å². The molecule has 2 rings (SSSR count). The summed E-state index contributed by atoms with van der Waals surface area (Å²) in [6.07, 6.45) is 7.00. The second kappa shape index (κ2) is 5.17. The van der Waals surface area contributed by atoms with Crippen molar-refractivity contribution in [2.75, 3.05) is 13.1 Å². The highest BCUT2D eigenvalue weighted by atomic mass is 16.2. The van der Waals surface area contributed by atoms with Gasteiger partial charge in [0, 0.05) is 25.0 Å². The Labute approximate surface area is 98.4 Å². The second-order valence-corrected chi connectivity index (χ2v) is 5.51. The average molecular weight is 224 g/mol. The number of nitrogens with two attached hydrogens (primary N) is 1. The molecule has 0 atom stereocenters. The predicted octanol–water partition coefficient (Wildman–Crippen LogP) is 1.76. The van der Waals surface area contributed by atoms with Crippen LogP contribution in [0, 0.1) is 11.8 Å². The van der Waals surface area contributed by atoms with Gasteiger partial charge in [-0.15, -0.1) is 0 Å². The quantitative estimate of drug-likeness (QED) is 0.791. The summed E-state index contributed by atoms with van der Waals surface area (Å²) in [5.74, 6) is 1.50. The van der Waals surface area contributed by atoms with Crippen LogP contribution < -0.4 is 5.73 Å². The number of hydrogen-bond donors (Lipinski definition) is 1. The molecule has 0 radical (unpaired) electrons. The van der Waals surface area contributed by atoms with E-state index in [0.29, 0.717) is 24.4 Å². The molecule has 2 fully saturated rings. The molecule has 92 valence electrons. The lowest BCUT2D eigenvalue weighted by Gasteiger charge is -2.31. The van der Waals surface area contributed by atoms with Crippen molar-refractivity contribution in [3.05, 3.63) is 0 Å². The zero-order valence-corrected chi connectivity index (χ0v) is 10.3. The van der Waals surface area contributed by atoms with Crippen LogP contribution in [0.15, 0.2) is 0 Å². The van der Waals surface area contributed by atoms with Crippen LogP contribution in [0.1, 0.15) is 45.4 Å². The van der Waals surface area contributed by atoms with Gasteiger partial charge in [0.15, 0.2) is 0 Å². The standard InChI is InChI=1S/C13H24N2O/c1-10-2-4-11(5-3-10)13(16)15(9-8-14)12-6-7-12/h10-12H,2-9,14H2,1H3. The van der Waals surface area contributed by atoms with Crippen molar-refractivity contribution in [2.24, 2.45) is 17.6 Å². The number of rotatable bonds is 4. The molecule has 3 heteroatoms. The van der Waals surface area contributed by atoms with E-state index in [1.165, 1.54) is 25.7 Å². The lowest BCUT2D eigenvalue weighted by molar-refractivity contribution is -0.137. The lowest BCUT2D eigenvalue weighted by atomic mass is 9.82. The fourth-order valence-electron chi connectivity index (χ4n) is 2.74. The first kappa shape index (κ1) is 11.9. The van der Waals surface area contributed by atoms with Crippen molar-refractivity contribution in [1.82, 2.24) is 4.90 Å². The second-order valence-electron chi connectivity index (χ2n) is 5.51. The molecule has 2 saturated carbocycles. The van der Waals surface area contributed by atoms with Gasteiger partial charge in [0.05, 0.1) is 0 Å². The molecule has 0 aromatic carbocycles. The molecule has 0 spiro atoms. The van der Waals surface area contributed by atoms with Crippen LogP contribution in [0.25, 0.3) is 0 Å². The minimum absolute atomic E-state index is 0.295. The number of hydrogen-bond acceptors (Lipinski definition) is 2. The van der Waals surface area contributed by atoms with E-state index in [4.69, 9.17) is 5.73 Å². The monoisotopic (exact) mass is 224 g/mol. The molecule has 1 amide bonds. The number of carbonyl (C=O) groups is 1. The van der Waals surface area contributed by atoms with Gasteiger partial charge >= 0.3 is 0 Å². The van der Waals surface area contributed by atoms with Crippen LogP contribution in [0.4, 0.5) is 0 Å². The van der Waals surface area contributed by atoms with Crippen molar-refractivity contribution >= 4 is 5.91 Å². The largest absolute Gasteiger partial charge is 0.338 e. The molecule has 0 heterocycles. The molecule has 2 aliphatic carbocycles. The Morgan fingerprint density at radius 2 is 1.81 bits per heavy atom. The van der Waals surface area contributed by atoms with Gasteiger partial charge in [-0.05, 0) is 44.4 Å². The molecule has 0 aliphatic heterocycles. The highest BCUT2D eigenvalue weighted by molar-refractivity contribution is 5.79. The van der Waals surface area contributed by atoms with Gasteiger partial charge in [-0.1, -0.05) is 6.92 Å². The third-order valence-corrected chi connectivity index (χ3v) is 4.01. The van der Waals surface area contributed by atoms with E-state index in [-0.39, 0.29) is 0 Å². The molecule has 3 nitrogen and oxygen atoms in total. The van der Waals surface area contributed by atoms with Gasteiger partial charge < -0.3 is 10.6 Å². The van der Waals surface area contributed by atoms with E-state index in [1.54, 1.807) is 0 Å². The van der Waals surface area contributed by atoms with Crippen LogP contribution in [0.3, 0.4) is 0 Å². The Bertz CT molecular complexity index is 242. The van der Waals surface area contributed by atoms with Crippen molar-refractivity contribution in [3.8, 4) is 0 Å². The molecular formula is C13H24N2O. The van der Waals surface area contributed by atoms with E-state index in [9.17, 15) is 4.79 Å². The smallest absolute Gasteiger partial charge is 0.225 e. The number of nitrogens with zero attached hydrogens (tertiary/aromatic N) is 1. The van der Waals surface area contributed by atoms with Gasteiger partial charge in [0.1, 0.15) is 0 Å². The van der Waals surface area contributed by atoms with Crippen molar-refractivity contribution in [2.45, 2.75) is 51.5 Å². The summed E-state index contributed by atoms with van der Waals surface area (Å²) in [4.78, 5) is 14.4. The number of carbonyl (C=O) groups excluding carboxylic acids is 1. The van der Waals surface area contributed by atoms with Crippen LogP contribution in [0.2, 0.25) is 0 Å². The summed E-state index contributed by atoms with van der Waals surface area (Å²) >= 11 is 0. The predicted molar refractivity (Wildman–Crippen MR) is 64.9 cm³/mol. The molecule has 16 heavy (non-hydrogen) atoms. The fraction of sp³-hybridized carbons (Fsp3) is 0.923. The van der Waals surface area contributed by atoms with Crippen molar-refractivity contribution < 1.29 is 4.79 Å². The SMILES string of the molecule is CC1CCC(C(=O)N(CCN)C2CC2)CC1. The molecule has 0 saturated heterocycles. The maximum absolute atomic E-state index is 12.3. The van der Waals surface area contributed by atoms with E-state index >= 15 is 0 Å². The van der Waals surface area contributed by atoms with E-state index < -0.39 is 0 Å². The van der Waals surface area contributed by atoms with Crippen LogP contribution in [0.5, 0.6) is 0 Å². The Balaban J connectivity index is 1.88. The van der Waals surface area contributed by atoms with Crippen LogP contribution in [-0.2, 0) is 4.79 Å². The highest BCUT2D eigenvalue weighted by Crippen LogP contribution is 2.33. The fourth-order valence-corrected chi connectivity index (χ4v) is 2.74. The number of amides is 1. The van der Waals surface area contributed by atoms with E-state index in [1.807, 2.05) is 0 Å². The minimum atomic E-state index is 0.295. The first-order chi connectivity index (χ1) is 7.72. The zero-order valence-electron chi connectivity index (χ0n) is 10.3. The third kappa shape index (κ3) is 2.76. The first-order valence-electron chi connectivity index (χ1n) is 6.73. The average Bonchev–Trinajstić information content (AvgIpc) is 3.10. The molecular weight excluding hydrogens is 200 g/mol. The topological polar surface area (TPSA) is 46.3 Å². The summed E-state index contributed by atoms with van der Waals surface area (Å²) in [5.41, 5.74) is 5.59. The Morgan fingerprint density at radius 3 is 2.31 bits per heavy atom. The normalized spacial score (nSPS) is 30.1. The maximum atomic E-state index is 12.3. The van der Waals surface area contributed by atoms with Gasteiger partial charge in [-0.2, -0.15) is 0 Å². The minimum Gasteiger partial charge on any atom is -0.338 e. The summed E-state index contributed by atoms with van der Waals surface area (Å²) < 4.78 is 0. The third-order valence-electron chi connectivity index (χ3n) is 4.01. The highest BCUT2D eigenvalue weighted by Gasteiger charge is 2.36. The molecule has 2 aliphatic rings. The van der Waals surface area contributed by atoms with Crippen LogP contribution >= 0.6 is 0 Å². The van der Waals surface area contributed by atoms with Crippen LogP contribution in [-0.4, -0.2) is 29.9 Å². The molecule has 0 aromatic heterocycles. The summed E-state index contributed by atoms with van der Waals surface area (Å²) in [6.45, 7) is 3.65. The Kier molecular flexibility index (Phi) is 3.85. The molecule has 0 bridgehead atoms. The van der Waals surface area contributed by atoms with Gasteiger partial charge in [0.25, 0.3) is 0 Å². The molecule has 0 unspecified atom stereocenters. The summed E-state index contributed by atoms with van der Waals surface area (Å²) in [5, 5.41) is 0. The Hall–Kier alpha value is -0.570. The van der Waals surface area contributed by atoms with Gasteiger partial charge in [0.2, 0.25) is 5.91 Å². The zero-order chi connectivity index (χ0) is 11.5. The van der Waals surface area contributed by atoms with Gasteiger partial charge in [-0.25, -0.2) is 0 Å². The molecule has 2 N–H and O–H groups in total. The van der Waals surface area contributed by atoms with Gasteiger partial charge in [-0.3, -0.25) is 4.79 Å². The maximum Gasteiger partial charge on any atom is 0.225 e.